The first-order valence-electron chi connectivity index (χ1n) is 8.37. The maximum Gasteiger partial charge on any atom is 0.124 e. The van der Waals surface area contributed by atoms with Crippen molar-refractivity contribution in [2.75, 3.05) is 18.4 Å². The maximum atomic E-state index is 4.34. The van der Waals surface area contributed by atoms with Gasteiger partial charge >= 0.3 is 0 Å². The molecule has 0 aliphatic carbocycles. The quantitative estimate of drug-likeness (QED) is 0.728. The number of aromatic nitrogens is 4. The zero-order chi connectivity index (χ0) is 16.2. The first-order chi connectivity index (χ1) is 11.9. The molecule has 2 aromatic heterocycles. The number of nitrogens with zero attached hydrogens (tertiary/aromatic N) is 4. The van der Waals surface area contributed by atoms with Gasteiger partial charge in [0.25, 0.3) is 0 Å². The van der Waals surface area contributed by atoms with E-state index < -0.39 is 0 Å². The summed E-state index contributed by atoms with van der Waals surface area (Å²) in [6.07, 6.45) is 7.51. The number of benzene rings is 1. The normalized spacial score (nSPS) is 16.6. The summed E-state index contributed by atoms with van der Waals surface area (Å²) in [4.78, 5) is 4.09. The van der Waals surface area contributed by atoms with Crippen molar-refractivity contribution in [3.8, 4) is 0 Å². The summed E-state index contributed by atoms with van der Waals surface area (Å²) in [7, 11) is 0. The Labute approximate surface area is 141 Å². The van der Waals surface area contributed by atoms with Gasteiger partial charge in [-0.2, -0.15) is 5.10 Å². The third-order valence-corrected chi connectivity index (χ3v) is 4.40. The van der Waals surface area contributed by atoms with Crippen LogP contribution in [0.15, 0.2) is 55.2 Å². The molecule has 1 atom stereocenters. The molecule has 24 heavy (non-hydrogen) atoms. The number of hydrogen-bond donors (Lipinski definition) is 2. The van der Waals surface area contributed by atoms with E-state index in [0.717, 1.165) is 38.5 Å². The second-order valence-corrected chi connectivity index (χ2v) is 6.33. The fourth-order valence-corrected chi connectivity index (χ4v) is 3.17. The highest BCUT2D eigenvalue weighted by atomic mass is 15.3. The van der Waals surface area contributed by atoms with Crippen LogP contribution in [0.2, 0.25) is 0 Å². The number of fused-ring (bicyclic) bond motifs is 1. The van der Waals surface area contributed by atoms with E-state index in [1.807, 2.05) is 35.7 Å². The van der Waals surface area contributed by atoms with Gasteiger partial charge in [0.15, 0.2) is 0 Å². The van der Waals surface area contributed by atoms with Gasteiger partial charge in [0.1, 0.15) is 5.82 Å². The number of rotatable bonds is 6. The Kier molecular flexibility index (Phi) is 4.29. The fraction of sp³-hybridized carbons (Fsp3) is 0.333. The topological polar surface area (TPSA) is 59.7 Å². The summed E-state index contributed by atoms with van der Waals surface area (Å²) in [6.45, 7) is 4.71. The third-order valence-electron chi connectivity index (χ3n) is 4.40. The number of hydrogen-bond acceptors (Lipinski definition) is 4. The second kappa shape index (κ2) is 6.88. The van der Waals surface area contributed by atoms with Gasteiger partial charge in [-0.3, -0.25) is 0 Å². The van der Waals surface area contributed by atoms with Crippen molar-refractivity contribution >= 4 is 5.82 Å². The fourth-order valence-electron chi connectivity index (χ4n) is 3.17. The summed E-state index contributed by atoms with van der Waals surface area (Å²) in [5.41, 5.74) is 2.61. The van der Waals surface area contributed by atoms with Crippen molar-refractivity contribution in [2.24, 2.45) is 5.92 Å². The minimum absolute atomic E-state index is 0.562. The molecule has 0 radical (unpaired) electrons. The van der Waals surface area contributed by atoms with Gasteiger partial charge in [-0.25, -0.2) is 9.67 Å². The van der Waals surface area contributed by atoms with Crippen molar-refractivity contribution in [3.05, 3.63) is 66.4 Å². The molecule has 0 saturated carbocycles. The predicted molar refractivity (Wildman–Crippen MR) is 93.7 cm³/mol. The molecule has 0 amide bonds. The number of nitrogens with one attached hydrogen (secondary N) is 2. The molecule has 0 fully saturated rings. The van der Waals surface area contributed by atoms with E-state index >= 15 is 0 Å². The number of imidazole rings is 1. The molecule has 6 nitrogen and oxygen atoms in total. The molecule has 1 aromatic carbocycles. The summed E-state index contributed by atoms with van der Waals surface area (Å²) in [5.74, 6) is 1.69. The highest BCUT2D eigenvalue weighted by Crippen LogP contribution is 2.15. The standard InChI is InChI=1S/C18H22N6/c1-2-15(8-16(3-1)12-23-7-6-19-14-23)9-20-10-17-11-21-18-4-5-22-24(18)13-17/h1-8,14,17,20-21H,9-13H2/t17-/m1/s1. The van der Waals surface area contributed by atoms with E-state index in [0.29, 0.717) is 5.92 Å². The lowest BCUT2D eigenvalue weighted by Gasteiger charge is -2.25. The molecule has 0 saturated heterocycles. The third kappa shape index (κ3) is 3.49. The Morgan fingerprint density at radius 3 is 3.08 bits per heavy atom. The Bertz CT molecular complexity index is 776. The molecule has 0 spiro atoms. The van der Waals surface area contributed by atoms with Gasteiger partial charge in [-0.1, -0.05) is 24.3 Å². The van der Waals surface area contributed by atoms with Crippen molar-refractivity contribution in [2.45, 2.75) is 19.6 Å². The largest absolute Gasteiger partial charge is 0.370 e. The molecule has 124 valence electrons. The van der Waals surface area contributed by atoms with Crippen LogP contribution in [0, 0.1) is 5.92 Å². The number of anilines is 1. The Morgan fingerprint density at radius 1 is 1.21 bits per heavy atom. The van der Waals surface area contributed by atoms with Crippen LogP contribution in [0.4, 0.5) is 5.82 Å². The summed E-state index contributed by atoms with van der Waals surface area (Å²) >= 11 is 0. The van der Waals surface area contributed by atoms with Crippen molar-refractivity contribution < 1.29 is 0 Å². The molecule has 4 rings (SSSR count). The van der Waals surface area contributed by atoms with Crippen LogP contribution in [0.3, 0.4) is 0 Å². The van der Waals surface area contributed by atoms with Crippen molar-refractivity contribution in [1.29, 1.82) is 0 Å². The van der Waals surface area contributed by atoms with Crippen LogP contribution >= 0.6 is 0 Å². The average molecular weight is 322 g/mol. The van der Waals surface area contributed by atoms with Crippen LogP contribution in [-0.4, -0.2) is 32.4 Å². The zero-order valence-electron chi connectivity index (χ0n) is 13.6. The predicted octanol–water partition coefficient (Wildman–Crippen LogP) is 1.96. The maximum absolute atomic E-state index is 4.34. The Balaban J connectivity index is 1.29. The molecular formula is C18H22N6. The molecule has 3 heterocycles. The molecule has 1 aliphatic heterocycles. The van der Waals surface area contributed by atoms with E-state index in [2.05, 4.69) is 49.5 Å². The van der Waals surface area contributed by atoms with Crippen molar-refractivity contribution in [3.63, 3.8) is 0 Å². The molecular weight excluding hydrogens is 300 g/mol. The lowest BCUT2D eigenvalue weighted by atomic mass is 10.1. The zero-order valence-corrected chi connectivity index (χ0v) is 13.6. The first kappa shape index (κ1) is 15.0. The van der Waals surface area contributed by atoms with Crippen molar-refractivity contribution in [1.82, 2.24) is 24.6 Å². The van der Waals surface area contributed by atoms with Gasteiger partial charge in [0.2, 0.25) is 0 Å². The van der Waals surface area contributed by atoms with Gasteiger partial charge in [-0.05, 0) is 11.1 Å². The summed E-state index contributed by atoms with van der Waals surface area (Å²) in [6, 6.07) is 10.7. The van der Waals surface area contributed by atoms with E-state index in [4.69, 9.17) is 0 Å². The molecule has 2 N–H and O–H groups in total. The average Bonchev–Trinajstić information content (AvgIpc) is 3.26. The van der Waals surface area contributed by atoms with Crippen LogP contribution in [0.5, 0.6) is 0 Å². The van der Waals surface area contributed by atoms with Crippen LogP contribution in [0.1, 0.15) is 11.1 Å². The molecule has 0 unspecified atom stereocenters. The van der Waals surface area contributed by atoms with Crippen LogP contribution < -0.4 is 10.6 Å². The van der Waals surface area contributed by atoms with E-state index in [1.54, 1.807) is 0 Å². The second-order valence-electron chi connectivity index (χ2n) is 6.33. The minimum Gasteiger partial charge on any atom is -0.370 e. The van der Waals surface area contributed by atoms with Crippen LogP contribution in [-0.2, 0) is 19.6 Å². The minimum atomic E-state index is 0.562. The smallest absolute Gasteiger partial charge is 0.124 e. The van der Waals surface area contributed by atoms with E-state index in [9.17, 15) is 0 Å². The van der Waals surface area contributed by atoms with Gasteiger partial charge < -0.3 is 15.2 Å². The SMILES string of the molecule is c1cc(CNC[C@@H]2CNc3ccnn3C2)cc(Cn2ccnc2)c1. The lowest BCUT2D eigenvalue weighted by Crippen LogP contribution is -2.35. The molecule has 0 bridgehead atoms. The highest BCUT2D eigenvalue weighted by Gasteiger charge is 2.17. The highest BCUT2D eigenvalue weighted by molar-refractivity contribution is 5.35. The van der Waals surface area contributed by atoms with E-state index in [1.165, 1.54) is 11.1 Å². The lowest BCUT2D eigenvalue weighted by molar-refractivity contribution is 0.391. The van der Waals surface area contributed by atoms with Gasteiger partial charge in [0, 0.05) is 57.1 Å². The first-order valence-corrected chi connectivity index (χ1v) is 8.37. The monoisotopic (exact) mass is 322 g/mol. The molecule has 6 heteroatoms. The summed E-state index contributed by atoms with van der Waals surface area (Å²) in [5, 5.41) is 11.3. The van der Waals surface area contributed by atoms with Crippen LogP contribution in [0.25, 0.3) is 0 Å². The Hall–Kier alpha value is -2.60. The molecule has 1 aliphatic rings. The Morgan fingerprint density at radius 2 is 2.17 bits per heavy atom. The van der Waals surface area contributed by atoms with Gasteiger partial charge in [-0.15, -0.1) is 0 Å². The van der Waals surface area contributed by atoms with Gasteiger partial charge in [0.05, 0.1) is 12.5 Å². The molecule has 3 aromatic rings. The summed E-state index contributed by atoms with van der Waals surface area (Å²) < 4.78 is 4.13. The van der Waals surface area contributed by atoms with E-state index in [-0.39, 0.29) is 0 Å².